The fourth-order valence-corrected chi connectivity index (χ4v) is 1.76. The first-order chi connectivity index (χ1) is 8.19. The molecule has 1 aromatic carbocycles. The number of benzene rings is 1. The van der Waals surface area contributed by atoms with Gasteiger partial charge in [-0.1, -0.05) is 25.8 Å². The molecule has 1 aromatic rings. The highest BCUT2D eigenvalue weighted by molar-refractivity contribution is 5.30. The predicted octanol–water partition coefficient (Wildman–Crippen LogP) is 3.68. The molecule has 0 bridgehead atoms. The molecule has 3 heteroatoms. The van der Waals surface area contributed by atoms with Gasteiger partial charge < -0.3 is 10.1 Å². The molecule has 0 amide bonds. The van der Waals surface area contributed by atoms with Crippen molar-refractivity contribution in [1.82, 2.24) is 5.32 Å². The van der Waals surface area contributed by atoms with E-state index in [-0.39, 0.29) is 11.9 Å². The van der Waals surface area contributed by atoms with Gasteiger partial charge in [-0.05, 0) is 37.6 Å². The average Bonchev–Trinajstić information content (AvgIpc) is 2.34. The molecule has 0 aliphatic carbocycles. The summed E-state index contributed by atoms with van der Waals surface area (Å²) in [6, 6.07) is 5.29. The van der Waals surface area contributed by atoms with E-state index in [0.29, 0.717) is 5.75 Å². The molecule has 0 saturated heterocycles. The van der Waals surface area contributed by atoms with Gasteiger partial charge in [-0.2, -0.15) is 0 Å². The number of unbranched alkanes of at least 4 members (excludes halogenated alkanes) is 2. The van der Waals surface area contributed by atoms with E-state index in [1.54, 1.807) is 6.07 Å². The smallest absolute Gasteiger partial charge is 0.165 e. The van der Waals surface area contributed by atoms with Crippen LogP contribution in [0.15, 0.2) is 18.2 Å². The van der Waals surface area contributed by atoms with Crippen LogP contribution >= 0.6 is 0 Å². The number of rotatable bonds is 7. The highest BCUT2D eigenvalue weighted by atomic mass is 19.1. The summed E-state index contributed by atoms with van der Waals surface area (Å²) < 4.78 is 18.4. The number of hydrogen-bond donors (Lipinski definition) is 1. The van der Waals surface area contributed by atoms with Crippen LogP contribution in [0.2, 0.25) is 0 Å². The van der Waals surface area contributed by atoms with Crippen molar-refractivity contribution in [2.75, 3.05) is 13.7 Å². The second-order valence-electron chi connectivity index (χ2n) is 4.28. The molecule has 0 fully saturated rings. The quantitative estimate of drug-likeness (QED) is 0.733. The van der Waals surface area contributed by atoms with Crippen molar-refractivity contribution in [1.29, 1.82) is 0 Å². The Morgan fingerprint density at radius 2 is 2.12 bits per heavy atom. The number of ether oxygens (including phenoxy) is 1. The molecule has 2 nitrogen and oxygen atoms in total. The molecule has 17 heavy (non-hydrogen) atoms. The molecule has 1 atom stereocenters. The zero-order chi connectivity index (χ0) is 12.7. The largest absolute Gasteiger partial charge is 0.494 e. The molecule has 0 heterocycles. The molecular weight excluding hydrogens is 217 g/mol. The molecule has 0 aromatic heterocycles. The normalized spacial score (nSPS) is 12.5. The van der Waals surface area contributed by atoms with Gasteiger partial charge in [-0.3, -0.25) is 0 Å². The summed E-state index contributed by atoms with van der Waals surface area (Å²) in [5.41, 5.74) is 0.958. The summed E-state index contributed by atoms with van der Waals surface area (Å²) in [6.45, 7) is 5.21. The Morgan fingerprint density at radius 3 is 2.71 bits per heavy atom. The van der Waals surface area contributed by atoms with E-state index in [2.05, 4.69) is 12.2 Å². The average molecular weight is 239 g/mol. The standard InChI is InChI=1S/C14H22FNO/c1-4-5-6-9-16-11(2)12-7-8-14(17-3)13(15)10-12/h7-8,10-11,16H,4-6,9H2,1-3H3. The first-order valence-electron chi connectivity index (χ1n) is 6.25. The van der Waals surface area contributed by atoms with E-state index in [4.69, 9.17) is 4.74 Å². The van der Waals surface area contributed by atoms with Crippen molar-refractivity contribution in [2.45, 2.75) is 39.2 Å². The van der Waals surface area contributed by atoms with Gasteiger partial charge in [0.15, 0.2) is 11.6 Å². The van der Waals surface area contributed by atoms with Gasteiger partial charge in [0.1, 0.15) is 0 Å². The van der Waals surface area contributed by atoms with E-state index in [1.807, 2.05) is 13.0 Å². The molecule has 0 spiro atoms. The number of nitrogens with one attached hydrogen (secondary N) is 1. The van der Waals surface area contributed by atoms with Gasteiger partial charge >= 0.3 is 0 Å². The zero-order valence-electron chi connectivity index (χ0n) is 10.9. The Balaban J connectivity index is 2.51. The molecule has 0 saturated carbocycles. The van der Waals surface area contributed by atoms with Crippen LogP contribution in [0, 0.1) is 5.82 Å². The summed E-state index contributed by atoms with van der Waals surface area (Å²) in [4.78, 5) is 0. The molecule has 0 aliphatic rings. The van der Waals surface area contributed by atoms with Crippen LogP contribution in [0.1, 0.15) is 44.7 Å². The molecule has 1 N–H and O–H groups in total. The van der Waals surface area contributed by atoms with Gasteiger partial charge in [0.05, 0.1) is 7.11 Å². The van der Waals surface area contributed by atoms with E-state index in [0.717, 1.165) is 12.1 Å². The van der Waals surface area contributed by atoms with Crippen molar-refractivity contribution in [3.63, 3.8) is 0 Å². The van der Waals surface area contributed by atoms with Gasteiger partial charge in [0, 0.05) is 6.04 Å². The molecule has 1 unspecified atom stereocenters. The minimum atomic E-state index is -0.299. The van der Waals surface area contributed by atoms with Crippen LogP contribution < -0.4 is 10.1 Å². The van der Waals surface area contributed by atoms with Crippen molar-refractivity contribution < 1.29 is 9.13 Å². The predicted molar refractivity (Wildman–Crippen MR) is 68.9 cm³/mol. The maximum Gasteiger partial charge on any atom is 0.165 e. The summed E-state index contributed by atoms with van der Waals surface area (Å²) in [5, 5.41) is 3.39. The Morgan fingerprint density at radius 1 is 1.35 bits per heavy atom. The first-order valence-corrected chi connectivity index (χ1v) is 6.25. The first kappa shape index (κ1) is 14.0. The van der Waals surface area contributed by atoms with Gasteiger partial charge in [-0.25, -0.2) is 4.39 Å². The van der Waals surface area contributed by atoms with Crippen LogP contribution in [0.3, 0.4) is 0 Å². The second-order valence-corrected chi connectivity index (χ2v) is 4.28. The van der Waals surface area contributed by atoms with Gasteiger partial charge in [0.2, 0.25) is 0 Å². The minimum absolute atomic E-state index is 0.173. The van der Waals surface area contributed by atoms with E-state index in [1.165, 1.54) is 32.4 Å². The summed E-state index contributed by atoms with van der Waals surface area (Å²) in [7, 11) is 1.48. The molecule has 0 radical (unpaired) electrons. The molecule has 0 aliphatic heterocycles. The van der Waals surface area contributed by atoms with Crippen LogP contribution in [-0.2, 0) is 0 Å². The van der Waals surface area contributed by atoms with E-state index in [9.17, 15) is 4.39 Å². The third kappa shape index (κ3) is 4.35. The lowest BCUT2D eigenvalue weighted by molar-refractivity contribution is 0.385. The number of hydrogen-bond acceptors (Lipinski definition) is 2. The van der Waals surface area contributed by atoms with Gasteiger partial charge in [-0.15, -0.1) is 0 Å². The number of methoxy groups -OCH3 is 1. The third-order valence-electron chi connectivity index (χ3n) is 2.91. The fourth-order valence-electron chi connectivity index (χ4n) is 1.76. The Bertz CT molecular complexity index is 341. The lowest BCUT2D eigenvalue weighted by Crippen LogP contribution is -2.19. The fraction of sp³-hybridized carbons (Fsp3) is 0.571. The van der Waals surface area contributed by atoms with Crippen molar-refractivity contribution in [3.05, 3.63) is 29.6 Å². The van der Waals surface area contributed by atoms with Crippen LogP contribution in [0.5, 0.6) is 5.75 Å². The molecular formula is C14H22FNO. The monoisotopic (exact) mass is 239 g/mol. The Labute approximate surface area is 103 Å². The Kier molecular flexibility index (Phi) is 5.98. The summed E-state index contributed by atoms with van der Waals surface area (Å²) in [6.07, 6.45) is 3.61. The summed E-state index contributed by atoms with van der Waals surface area (Å²) >= 11 is 0. The van der Waals surface area contributed by atoms with E-state index >= 15 is 0 Å². The van der Waals surface area contributed by atoms with Crippen molar-refractivity contribution >= 4 is 0 Å². The maximum absolute atomic E-state index is 13.5. The van der Waals surface area contributed by atoms with Crippen molar-refractivity contribution in [3.8, 4) is 5.75 Å². The van der Waals surface area contributed by atoms with Gasteiger partial charge in [0.25, 0.3) is 0 Å². The Hall–Kier alpha value is -1.09. The summed E-state index contributed by atoms with van der Waals surface area (Å²) in [5.74, 6) is -0.000795. The van der Waals surface area contributed by atoms with Crippen LogP contribution in [-0.4, -0.2) is 13.7 Å². The maximum atomic E-state index is 13.5. The minimum Gasteiger partial charge on any atom is -0.494 e. The number of halogens is 1. The lowest BCUT2D eigenvalue weighted by atomic mass is 10.1. The van der Waals surface area contributed by atoms with Crippen LogP contribution in [0.25, 0.3) is 0 Å². The van der Waals surface area contributed by atoms with Crippen LogP contribution in [0.4, 0.5) is 4.39 Å². The third-order valence-corrected chi connectivity index (χ3v) is 2.91. The highest BCUT2D eigenvalue weighted by Crippen LogP contribution is 2.21. The second kappa shape index (κ2) is 7.28. The molecule has 1 rings (SSSR count). The lowest BCUT2D eigenvalue weighted by Gasteiger charge is -2.15. The zero-order valence-corrected chi connectivity index (χ0v) is 10.9. The van der Waals surface area contributed by atoms with E-state index < -0.39 is 0 Å². The van der Waals surface area contributed by atoms with Crippen molar-refractivity contribution in [2.24, 2.45) is 0 Å². The SMILES string of the molecule is CCCCCNC(C)c1ccc(OC)c(F)c1. The highest BCUT2D eigenvalue weighted by Gasteiger charge is 2.08. The topological polar surface area (TPSA) is 21.3 Å². The molecule has 96 valence electrons.